The van der Waals surface area contributed by atoms with Crippen LogP contribution in [0.5, 0.6) is 0 Å². The summed E-state index contributed by atoms with van der Waals surface area (Å²) < 4.78 is 0. The van der Waals surface area contributed by atoms with Crippen LogP contribution < -0.4 is 11.9 Å². The fourth-order valence-corrected chi connectivity index (χ4v) is 1.87. The van der Waals surface area contributed by atoms with Crippen LogP contribution in [-0.4, -0.2) is 5.54 Å². The molecule has 2 nitrogen and oxygen atoms in total. The molecular weight excluding hydrogens is 148 g/mol. The first-order valence-electron chi connectivity index (χ1n) is 4.97. The summed E-state index contributed by atoms with van der Waals surface area (Å²) in [5.41, 5.74) is 6.38. The van der Waals surface area contributed by atoms with Gasteiger partial charge in [-0.3, -0.25) is 0 Å². The van der Waals surface area contributed by atoms with E-state index >= 15 is 0 Å². The topological polar surface area (TPSA) is 61.0 Å². The predicted octanol–water partition coefficient (Wildman–Crippen LogP) is 3.25. The third-order valence-corrected chi connectivity index (χ3v) is 2.24. The average molecular weight is 174 g/mol. The lowest BCUT2D eigenvalue weighted by Gasteiger charge is -2.28. The predicted molar refractivity (Wildman–Crippen MR) is 56.7 cm³/mol. The molecule has 76 valence electrons. The molecule has 0 aliphatic carbocycles. The van der Waals surface area contributed by atoms with Crippen LogP contribution >= 0.6 is 0 Å². The Morgan fingerprint density at radius 1 is 0.833 bits per heavy atom. The van der Waals surface area contributed by atoms with Gasteiger partial charge in [-0.05, 0) is 19.3 Å². The lowest BCUT2D eigenvalue weighted by molar-refractivity contribution is 0.330. The molecular formula is C10H26N2. The average Bonchev–Trinajstić information content (AvgIpc) is 1.88. The van der Waals surface area contributed by atoms with Crippen LogP contribution in [0.2, 0.25) is 0 Å². The number of nitrogens with two attached hydrogens (primary N) is 1. The first-order valence-corrected chi connectivity index (χ1v) is 4.97. The van der Waals surface area contributed by atoms with Gasteiger partial charge in [-0.15, -0.1) is 0 Å². The van der Waals surface area contributed by atoms with Crippen LogP contribution in [0.15, 0.2) is 0 Å². The largest absolute Gasteiger partial charge is 0.344 e. The van der Waals surface area contributed by atoms with Gasteiger partial charge in [-0.2, -0.15) is 0 Å². The third kappa shape index (κ3) is 5.56. The molecule has 0 unspecified atom stereocenters. The van der Waals surface area contributed by atoms with Crippen molar-refractivity contribution < 1.29 is 0 Å². The van der Waals surface area contributed by atoms with Crippen molar-refractivity contribution in [1.82, 2.24) is 6.15 Å². The van der Waals surface area contributed by atoms with Gasteiger partial charge in [0.25, 0.3) is 0 Å². The van der Waals surface area contributed by atoms with E-state index in [4.69, 9.17) is 5.73 Å². The van der Waals surface area contributed by atoms with Crippen molar-refractivity contribution in [2.45, 2.75) is 64.8 Å². The van der Waals surface area contributed by atoms with Crippen molar-refractivity contribution in [3.63, 3.8) is 0 Å². The van der Waals surface area contributed by atoms with Gasteiger partial charge in [0.1, 0.15) is 0 Å². The first-order chi connectivity index (χ1) is 5.18. The minimum absolute atomic E-state index is 0. The van der Waals surface area contributed by atoms with Gasteiger partial charge in [-0.1, -0.05) is 40.0 Å². The molecule has 0 heterocycles. The van der Waals surface area contributed by atoms with Crippen LogP contribution in [0.25, 0.3) is 0 Å². The Kier molecular flexibility index (Phi) is 9.10. The number of rotatable bonds is 6. The molecule has 0 fully saturated rings. The highest BCUT2D eigenvalue weighted by Crippen LogP contribution is 2.21. The van der Waals surface area contributed by atoms with Crippen LogP contribution in [0.1, 0.15) is 59.3 Å². The minimum atomic E-state index is 0. The molecule has 0 rings (SSSR count). The normalized spacial score (nSPS) is 11.0. The van der Waals surface area contributed by atoms with Crippen LogP contribution in [0.3, 0.4) is 0 Å². The molecule has 0 aromatic heterocycles. The molecule has 0 aromatic rings. The van der Waals surface area contributed by atoms with Gasteiger partial charge in [0, 0.05) is 5.54 Å². The summed E-state index contributed by atoms with van der Waals surface area (Å²) in [6.07, 6.45) is 7.22. The maximum Gasteiger partial charge on any atom is 0.0154 e. The van der Waals surface area contributed by atoms with E-state index in [1.165, 1.54) is 38.5 Å². The maximum absolute atomic E-state index is 6.23. The Bertz CT molecular complexity index is 74.8. The second kappa shape index (κ2) is 7.56. The molecule has 5 N–H and O–H groups in total. The zero-order valence-electron chi connectivity index (χ0n) is 9.03. The summed E-state index contributed by atoms with van der Waals surface area (Å²) in [7, 11) is 0. The molecule has 0 saturated carbocycles. The SMILES string of the molecule is CCCC(N)(CCC)CCC.N. The Labute approximate surface area is 77.5 Å². The summed E-state index contributed by atoms with van der Waals surface area (Å²) >= 11 is 0. The zero-order chi connectivity index (χ0) is 8.74. The molecule has 0 atom stereocenters. The van der Waals surface area contributed by atoms with Crippen molar-refractivity contribution in [3.05, 3.63) is 0 Å². The van der Waals surface area contributed by atoms with Gasteiger partial charge in [0.15, 0.2) is 0 Å². The summed E-state index contributed by atoms with van der Waals surface area (Å²) in [4.78, 5) is 0. The van der Waals surface area contributed by atoms with Crippen molar-refractivity contribution in [3.8, 4) is 0 Å². The van der Waals surface area contributed by atoms with E-state index in [0.29, 0.717) is 0 Å². The van der Waals surface area contributed by atoms with Gasteiger partial charge < -0.3 is 11.9 Å². The summed E-state index contributed by atoms with van der Waals surface area (Å²) in [5, 5.41) is 0. The summed E-state index contributed by atoms with van der Waals surface area (Å²) in [6, 6.07) is 0. The highest BCUT2D eigenvalue weighted by atomic mass is 14.7. The Hall–Kier alpha value is -0.0800. The highest BCUT2D eigenvalue weighted by Gasteiger charge is 2.20. The van der Waals surface area contributed by atoms with Crippen molar-refractivity contribution in [2.75, 3.05) is 0 Å². The van der Waals surface area contributed by atoms with Crippen LogP contribution in [0, 0.1) is 0 Å². The fraction of sp³-hybridized carbons (Fsp3) is 1.00. The van der Waals surface area contributed by atoms with Crippen molar-refractivity contribution in [1.29, 1.82) is 0 Å². The van der Waals surface area contributed by atoms with E-state index in [9.17, 15) is 0 Å². The standard InChI is InChI=1S/C10H23N.H3N/c1-4-7-10(11,8-5-2)9-6-3;/h4-9,11H2,1-3H3;1H3. The maximum atomic E-state index is 6.23. The van der Waals surface area contributed by atoms with Gasteiger partial charge in [0.05, 0.1) is 0 Å². The molecule has 0 saturated heterocycles. The molecule has 0 bridgehead atoms. The molecule has 0 aliphatic heterocycles. The second-order valence-corrected chi connectivity index (χ2v) is 3.61. The second-order valence-electron chi connectivity index (χ2n) is 3.61. The van der Waals surface area contributed by atoms with E-state index in [2.05, 4.69) is 20.8 Å². The Morgan fingerprint density at radius 2 is 1.08 bits per heavy atom. The van der Waals surface area contributed by atoms with Gasteiger partial charge in [0.2, 0.25) is 0 Å². The monoisotopic (exact) mass is 174 g/mol. The van der Waals surface area contributed by atoms with Crippen molar-refractivity contribution in [2.24, 2.45) is 5.73 Å². The van der Waals surface area contributed by atoms with E-state index in [1.54, 1.807) is 0 Å². The quantitative estimate of drug-likeness (QED) is 0.649. The molecule has 2 heteroatoms. The molecule has 0 aliphatic rings. The highest BCUT2D eigenvalue weighted by molar-refractivity contribution is 4.82. The lowest BCUT2D eigenvalue weighted by Crippen LogP contribution is -2.39. The summed E-state index contributed by atoms with van der Waals surface area (Å²) in [5.74, 6) is 0. The Morgan fingerprint density at radius 3 is 1.25 bits per heavy atom. The molecule has 0 aromatic carbocycles. The zero-order valence-corrected chi connectivity index (χ0v) is 9.03. The molecule has 0 spiro atoms. The Balaban J connectivity index is 0. The molecule has 12 heavy (non-hydrogen) atoms. The van der Waals surface area contributed by atoms with Crippen LogP contribution in [-0.2, 0) is 0 Å². The minimum Gasteiger partial charge on any atom is -0.344 e. The molecule has 0 amide bonds. The molecule has 0 radical (unpaired) electrons. The summed E-state index contributed by atoms with van der Waals surface area (Å²) in [6.45, 7) is 6.65. The fourth-order valence-electron chi connectivity index (χ4n) is 1.87. The lowest BCUT2D eigenvalue weighted by atomic mass is 9.86. The smallest absolute Gasteiger partial charge is 0.0154 e. The van der Waals surface area contributed by atoms with Crippen molar-refractivity contribution >= 4 is 0 Å². The number of hydrogen-bond acceptors (Lipinski definition) is 2. The first kappa shape index (κ1) is 14.4. The van der Waals surface area contributed by atoms with E-state index in [-0.39, 0.29) is 11.7 Å². The van der Waals surface area contributed by atoms with Crippen LogP contribution in [0.4, 0.5) is 0 Å². The van der Waals surface area contributed by atoms with Gasteiger partial charge >= 0.3 is 0 Å². The van der Waals surface area contributed by atoms with Gasteiger partial charge in [-0.25, -0.2) is 0 Å². The van der Waals surface area contributed by atoms with E-state index < -0.39 is 0 Å². The van der Waals surface area contributed by atoms with E-state index in [1.807, 2.05) is 0 Å². The number of hydrogen-bond donors (Lipinski definition) is 2. The van der Waals surface area contributed by atoms with E-state index in [0.717, 1.165) is 0 Å². The third-order valence-electron chi connectivity index (χ3n) is 2.24.